The Morgan fingerprint density at radius 1 is 1.10 bits per heavy atom. The molecule has 13 nitrogen and oxygen atoms in total. The molecule has 2 aliphatic rings. The molecule has 5 unspecified atom stereocenters. The summed E-state index contributed by atoms with van der Waals surface area (Å²) >= 11 is 1.87. The molecule has 40 heavy (non-hydrogen) atoms. The first kappa shape index (κ1) is 33.5. The number of rotatable bonds is 19. The second-order valence-corrected chi connectivity index (χ2v) is 12.4. The van der Waals surface area contributed by atoms with Crippen LogP contribution in [0.4, 0.5) is 4.79 Å². The molecule has 2 heterocycles. The van der Waals surface area contributed by atoms with Crippen LogP contribution in [0.2, 0.25) is 0 Å². The fourth-order valence-electron chi connectivity index (χ4n) is 4.98. The van der Waals surface area contributed by atoms with Crippen molar-refractivity contribution in [2.24, 2.45) is 11.0 Å². The number of thioether (sulfide) groups is 1. The number of likely N-dealkylation sites (N-methyl/N-ethyl adjacent to an activating group) is 1. The molecule has 0 aromatic carbocycles. The molecular weight excluding hydrogens is 534 g/mol. The molecule has 0 aromatic heterocycles. The predicted molar refractivity (Wildman–Crippen MR) is 157 cm³/mol. The highest BCUT2D eigenvalue weighted by Gasteiger charge is 2.42. The van der Waals surface area contributed by atoms with Crippen molar-refractivity contribution in [2.45, 2.75) is 94.6 Å². The highest BCUT2D eigenvalue weighted by Crippen LogP contribution is 2.33. The van der Waals surface area contributed by atoms with Crippen LogP contribution < -0.4 is 26.6 Å². The van der Waals surface area contributed by atoms with Gasteiger partial charge in [0.15, 0.2) is 0 Å². The molecule has 0 aromatic rings. The fraction of sp³-hybridized carbons (Fsp3) is 0.846. The first-order valence-corrected chi connectivity index (χ1v) is 15.4. The van der Waals surface area contributed by atoms with Crippen LogP contribution in [0.3, 0.4) is 0 Å². The Morgan fingerprint density at radius 2 is 1.85 bits per heavy atom. The monoisotopic (exact) mass is 581 g/mol. The van der Waals surface area contributed by atoms with Gasteiger partial charge in [-0.05, 0) is 57.6 Å². The standard InChI is InChI=1S/C26H47N9O4S/c1-17(2)15-20(35(3)4)25(38)31-18(9-7-8-12-30-34-27)24(37)29-14-13-28-22(36)11-6-5-10-21-23-19(16-40-21)32-26(39)33-23/h17-21,23H,5-16H2,1-4H3,(H,28,36)(H,29,37)(H,31,38)(H2,32,33,39). The van der Waals surface area contributed by atoms with Gasteiger partial charge in [0.1, 0.15) is 6.04 Å². The second kappa shape index (κ2) is 17.9. The lowest BCUT2D eigenvalue weighted by Crippen LogP contribution is -2.53. The average molecular weight is 582 g/mol. The van der Waals surface area contributed by atoms with E-state index in [0.717, 1.165) is 25.0 Å². The van der Waals surface area contributed by atoms with Gasteiger partial charge in [0.25, 0.3) is 0 Å². The maximum atomic E-state index is 13.0. The number of nitrogens with zero attached hydrogens (tertiary/aromatic N) is 4. The zero-order chi connectivity index (χ0) is 29.5. The van der Waals surface area contributed by atoms with Crippen molar-refractivity contribution in [3.63, 3.8) is 0 Å². The molecule has 5 atom stereocenters. The van der Waals surface area contributed by atoms with Crippen LogP contribution >= 0.6 is 11.8 Å². The molecule has 0 radical (unpaired) electrons. The number of carbonyl (C=O) groups is 4. The van der Waals surface area contributed by atoms with Crippen molar-refractivity contribution in [3.8, 4) is 0 Å². The maximum absolute atomic E-state index is 13.0. The first-order chi connectivity index (χ1) is 19.1. The van der Waals surface area contributed by atoms with Crippen molar-refractivity contribution in [2.75, 3.05) is 39.5 Å². The van der Waals surface area contributed by atoms with Crippen molar-refractivity contribution < 1.29 is 19.2 Å². The van der Waals surface area contributed by atoms with Crippen LogP contribution in [-0.2, 0) is 14.4 Å². The zero-order valence-corrected chi connectivity index (χ0v) is 25.1. The summed E-state index contributed by atoms with van der Waals surface area (Å²) in [5.41, 5.74) is 8.46. The highest BCUT2D eigenvalue weighted by molar-refractivity contribution is 8.00. The second-order valence-electron chi connectivity index (χ2n) is 11.1. The lowest BCUT2D eigenvalue weighted by molar-refractivity contribution is -0.132. The Hall–Kier alpha value is -2.70. The van der Waals surface area contributed by atoms with Crippen molar-refractivity contribution in [3.05, 3.63) is 10.4 Å². The number of azide groups is 1. The van der Waals surface area contributed by atoms with Gasteiger partial charge in [0, 0.05) is 42.0 Å². The smallest absolute Gasteiger partial charge is 0.315 e. The Morgan fingerprint density at radius 3 is 2.55 bits per heavy atom. The highest BCUT2D eigenvalue weighted by atomic mass is 32.2. The number of fused-ring (bicyclic) bond motifs is 1. The minimum atomic E-state index is -0.711. The van der Waals surface area contributed by atoms with Crippen molar-refractivity contribution in [1.82, 2.24) is 31.5 Å². The molecule has 0 saturated carbocycles. The maximum Gasteiger partial charge on any atom is 0.315 e. The molecule has 0 spiro atoms. The lowest BCUT2D eigenvalue weighted by atomic mass is 10.0. The van der Waals surface area contributed by atoms with E-state index in [2.05, 4.69) is 50.5 Å². The van der Waals surface area contributed by atoms with E-state index in [1.807, 2.05) is 30.8 Å². The number of hydrogen-bond acceptors (Lipinski definition) is 7. The van der Waals surface area contributed by atoms with E-state index in [0.29, 0.717) is 56.4 Å². The lowest BCUT2D eigenvalue weighted by Gasteiger charge is -2.27. The largest absolute Gasteiger partial charge is 0.354 e. The van der Waals surface area contributed by atoms with Gasteiger partial charge in [0.2, 0.25) is 17.7 Å². The van der Waals surface area contributed by atoms with Gasteiger partial charge in [-0.2, -0.15) is 11.8 Å². The summed E-state index contributed by atoms with van der Waals surface area (Å²) in [7, 11) is 3.69. The van der Waals surface area contributed by atoms with Crippen LogP contribution in [-0.4, -0.2) is 97.6 Å². The minimum Gasteiger partial charge on any atom is -0.354 e. The van der Waals surface area contributed by atoms with E-state index in [4.69, 9.17) is 5.53 Å². The molecule has 226 valence electrons. The Balaban J connectivity index is 1.70. The van der Waals surface area contributed by atoms with Gasteiger partial charge in [-0.3, -0.25) is 19.3 Å². The molecule has 0 aliphatic carbocycles. The van der Waals surface area contributed by atoms with Crippen LogP contribution in [0, 0.1) is 5.92 Å². The molecular formula is C26H47N9O4S. The Labute approximate surface area is 241 Å². The van der Waals surface area contributed by atoms with Gasteiger partial charge in [0.05, 0.1) is 18.1 Å². The van der Waals surface area contributed by atoms with Crippen LogP contribution in [0.25, 0.3) is 10.4 Å². The number of hydrogen-bond donors (Lipinski definition) is 5. The number of carbonyl (C=O) groups excluding carboxylic acids is 4. The van der Waals surface area contributed by atoms with Crippen LogP contribution in [0.1, 0.15) is 65.2 Å². The molecule has 0 bridgehead atoms. The number of amides is 5. The van der Waals surface area contributed by atoms with E-state index in [1.165, 1.54) is 0 Å². The number of nitrogens with one attached hydrogen (secondary N) is 5. The summed E-state index contributed by atoms with van der Waals surface area (Å²) in [6, 6.07) is -0.758. The molecule has 14 heteroatoms. The van der Waals surface area contributed by atoms with Crippen molar-refractivity contribution in [1.29, 1.82) is 0 Å². The average Bonchev–Trinajstić information content (AvgIpc) is 3.45. The summed E-state index contributed by atoms with van der Waals surface area (Å²) < 4.78 is 0. The van der Waals surface area contributed by atoms with Gasteiger partial charge in [-0.1, -0.05) is 31.8 Å². The topological polar surface area (TPSA) is 180 Å². The van der Waals surface area contributed by atoms with Gasteiger partial charge in [-0.25, -0.2) is 4.79 Å². The summed E-state index contributed by atoms with van der Waals surface area (Å²) in [6.45, 7) is 5.00. The summed E-state index contributed by atoms with van der Waals surface area (Å²) in [6.07, 6.45) is 5.38. The SMILES string of the molecule is CC(C)CC(C(=O)NC(CCCCN=[N+]=[N-])C(=O)NCCNC(=O)CCCCC1SCC2NC(=O)NC21)N(C)C. The third-order valence-corrected chi connectivity index (χ3v) is 8.65. The molecule has 5 N–H and O–H groups in total. The third-order valence-electron chi connectivity index (χ3n) is 7.14. The van der Waals surface area contributed by atoms with E-state index < -0.39 is 6.04 Å². The number of urea groups is 1. The van der Waals surface area contributed by atoms with E-state index >= 15 is 0 Å². The molecule has 5 amide bonds. The van der Waals surface area contributed by atoms with Crippen LogP contribution in [0.15, 0.2) is 5.11 Å². The third kappa shape index (κ3) is 11.8. The Kier molecular flexibility index (Phi) is 15.0. The molecule has 2 aliphatic heterocycles. The molecule has 2 rings (SSSR count). The van der Waals surface area contributed by atoms with E-state index in [9.17, 15) is 19.2 Å². The number of unbranched alkanes of at least 4 members (excludes halogenated alkanes) is 2. The fourth-order valence-corrected chi connectivity index (χ4v) is 6.53. The first-order valence-electron chi connectivity index (χ1n) is 14.3. The van der Waals surface area contributed by atoms with Crippen LogP contribution in [0.5, 0.6) is 0 Å². The zero-order valence-electron chi connectivity index (χ0n) is 24.3. The van der Waals surface area contributed by atoms with E-state index in [-0.39, 0.29) is 48.4 Å². The predicted octanol–water partition coefficient (Wildman–Crippen LogP) is 1.89. The van der Waals surface area contributed by atoms with E-state index in [1.54, 1.807) is 0 Å². The quantitative estimate of drug-likeness (QED) is 0.0510. The van der Waals surface area contributed by atoms with Gasteiger partial charge >= 0.3 is 6.03 Å². The van der Waals surface area contributed by atoms with Gasteiger partial charge in [-0.15, -0.1) is 0 Å². The summed E-state index contributed by atoms with van der Waals surface area (Å²) in [4.78, 5) is 54.3. The molecule has 2 saturated heterocycles. The molecule has 2 fully saturated rings. The normalized spacial score (nSPS) is 21.1. The summed E-state index contributed by atoms with van der Waals surface area (Å²) in [5, 5.41) is 18.4. The summed E-state index contributed by atoms with van der Waals surface area (Å²) in [5.74, 6) is 0.690. The Bertz CT molecular complexity index is 897. The van der Waals surface area contributed by atoms with Crippen molar-refractivity contribution >= 4 is 35.5 Å². The van der Waals surface area contributed by atoms with Gasteiger partial charge < -0.3 is 26.6 Å². The minimum absolute atomic E-state index is 0.0625.